The quantitative estimate of drug-likeness (QED) is 0.587. The van der Waals surface area contributed by atoms with E-state index in [0.717, 1.165) is 11.1 Å². The van der Waals surface area contributed by atoms with Crippen LogP contribution in [-0.2, 0) is 11.2 Å². The van der Waals surface area contributed by atoms with Crippen molar-refractivity contribution >= 4 is 0 Å². The number of nitriles is 1. The lowest BCUT2D eigenvalue weighted by Gasteiger charge is -2.40. The minimum absolute atomic E-state index is 0.474. The van der Waals surface area contributed by atoms with Crippen molar-refractivity contribution in [1.29, 1.82) is 5.26 Å². The summed E-state index contributed by atoms with van der Waals surface area (Å²) in [6.07, 6.45) is -0.407. The van der Waals surface area contributed by atoms with E-state index in [9.17, 15) is 25.7 Å². The number of hydrogen-bond acceptors (Lipinski definition) is 6. The number of rotatable bonds is 5. The Morgan fingerprint density at radius 1 is 0.903 bits per heavy atom. The van der Waals surface area contributed by atoms with Crippen LogP contribution in [0.15, 0.2) is 42.5 Å². The summed E-state index contributed by atoms with van der Waals surface area (Å²) in [6.45, 7) is -0.474. The number of aliphatic hydroxyl groups is 4. The molecule has 1 saturated heterocycles. The van der Waals surface area contributed by atoms with Crippen LogP contribution in [0.25, 0.3) is 0 Å². The molecular formula is C25H29NO5. The van der Waals surface area contributed by atoms with Crippen LogP contribution >= 0.6 is 0 Å². The van der Waals surface area contributed by atoms with Crippen LogP contribution in [0.4, 0.5) is 0 Å². The Hall–Kier alpha value is -2.27. The van der Waals surface area contributed by atoms with Crippen molar-refractivity contribution in [3.05, 3.63) is 70.3 Å². The zero-order valence-corrected chi connectivity index (χ0v) is 17.4. The lowest BCUT2D eigenvalue weighted by atomic mass is 9.88. The Labute approximate surface area is 182 Å². The normalized spacial score (nSPS) is 29.1. The molecule has 4 rings (SSSR count). The minimum Gasteiger partial charge on any atom is -0.394 e. The second-order valence-corrected chi connectivity index (χ2v) is 8.68. The van der Waals surface area contributed by atoms with Gasteiger partial charge in [0.1, 0.15) is 30.5 Å². The molecule has 2 aromatic rings. The summed E-state index contributed by atoms with van der Waals surface area (Å²) in [5.41, 5.74) is 4.38. The lowest BCUT2D eigenvalue weighted by molar-refractivity contribution is -0.231. The summed E-state index contributed by atoms with van der Waals surface area (Å²) in [5, 5.41) is 49.6. The van der Waals surface area contributed by atoms with Crippen LogP contribution < -0.4 is 0 Å². The van der Waals surface area contributed by atoms with Crippen molar-refractivity contribution in [3.8, 4) is 6.07 Å². The van der Waals surface area contributed by atoms with Gasteiger partial charge >= 0.3 is 0 Å². The molecule has 0 unspecified atom stereocenters. The van der Waals surface area contributed by atoms with Gasteiger partial charge in [-0.2, -0.15) is 5.26 Å². The van der Waals surface area contributed by atoms with Gasteiger partial charge in [-0.3, -0.25) is 0 Å². The van der Waals surface area contributed by atoms with E-state index in [1.54, 1.807) is 18.2 Å². The highest BCUT2D eigenvalue weighted by Crippen LogP contribution is 2.35. The molecule has 31 heavy (non-hydrogen) atoms. The Bertz CT molecular complexity index is 930. The average Bonchev–Trinajstić information content (AvgIpc) is 3.33. The lowest BCUT2D eigenvalue weighted by Crippen LogP contribution is -2.55. The second kappa shape index (κ2) is 9.47. The van der Waals surface area contributed by atoms with E-state index >= 15 is 0 Å². The summed E-state index contributed by atoms with van der Waals surface area (Å²) in [5.74, 6) is 0.651. The van der Waals surface area contributed by atoms with Gasteiger partial charge in [0.2, 0.25) is 0 Å². The Kier molecular flexibility index (Phi) is 6.71. The van der Waals surface area contributed by atoms with Crippen LogP contribution in [0.5, 0.6) is 0 Å². The van der Waals surface area contributed by atoms with E-state index in [4.69, 9.17) is 4.74 Å². The molecule has 1 saturated carbocycles. The third kappa shape index (κ3) is 4.52. The molecule has 2 fully saturated rings. The fourth-order valence-electron chi connectivity index (χ4n) is 4.81. The van der Waals surface area contributed by atoms with Crippen molar-refractivity contribution in [1.82, 2.24) is 0 Å². The second-order valence-electron chi connectivity index (χ2n) is 8.68. The topological polar surface area (TPSA) is 114 Å². The van der Waals surface area contributed by atoms with Gasteiger partial charge in [0, 0.05) is 0 Å². The Morgan fingerprint density at radius 3 is 2.23 bits per heavy atom. The number of benzene rings is 2. The fraction of sp³-hybridized carbons (Fsp3) is 0.480. The first kappa shape index (κ1) is 21.9. The number of aliphatic hydroxyl groups excluding tert-OH is 4. The third-order valence-corrected chi connectivity index (χ3v) is 6.67. The van der Waals surface area contributed by atoms with Crippen LogP contribution in [0, 0.1) is 11.3 Å². The average molecular weight is 424 g/mol. The van der Waals surface area contributed by atoms with E-state index in [-0.39, 0.29) is 0 Å². The van der Waals surface area contributed by atoms with Crippen LogP contribution in [0.1, 0.15) is 65.5 Å². The Morgan fingerprint density at radius 2 is 1.58 bits per heavy atom. The molecule has 2 aliphatic rings. The first-order valence-corrected chi connectivity index (χ1v) is 10.9. The van der Waals surface area contributed by atoms with Gasteiger partial charge in [-0.15, -0.1) is 0 Å². The summed E-state index contributed by atoms with van der Waals surface area (Å²) >= 11 is 0. The minimum atomic E-state index is -1.43. The van der Waals surface area contributed by atoms with E-state index in [2.05, 4.69) is 30.3 Å². The van der Waals surface area contributed by atoms with Crippen LogP contribution in [0.2, 0.25) is 0 Å². The van der Waals surface area contributed by atoms with Crippen LogP contribution in [-0.4, -0.2) is 51.4 Å². The van der Waals surface area contributed by atoms with E-state index < -0.39 is 37.1 Å². The molecule has 2 aromatic carbocycles. The van der Waals surface area contributed by atoms with Gasteiger partial charge in [-0.25, -0.2) is 0 Å². The molecule has 164 valence electrons. The van der Waals surface area contributed by atoms with Gasteiger partial charge in [-0.1, -0.05) is 49.2 Å². The van der Waals surface area contributed by atoms with Gasteiger partial charge < -0.3 is 25.2 Å². The third-order valence-electron chi connectivity index (χ3n) is 6.67. The van der Waals surface area contributed by atoms with E-state index in [1.807, 2.05) is 0 Å². The standard InChI is InChI=1S/C25H29NO5/c26-13-19-10-9-18(25-24(30)23(29)22(28)21(14-27)31-25)12-20(19)11-15-5-7-17(8-6-15)16-3-1-2-4-16/h5-10,12,16,21-25,27-30H,1-4,11,14H2/t21-,22-,23+,24-,25+/m1/s1. The van der Waals surface area contributed by atoms with Crippen molar-refractivity contribution in [3.63, 3.8) is 0 Å². The highest BCUT2D eigenvalue weighted by atomic mass is 16.5. The summed E-state index contributed by atoms with van der Waals surface area (Å²) in [4.78, 5) is 0. The van der Waals surface area contributed by atoms with Gasteiger partial charge in [0.05, 0.1) is 18.2 Å². The zero-order chi connectivity index (χ0) is 22.0. The maximum Gasteiger partial charge on any atom is 0.113 e. The summed E-state index contributed by atoms with van der Waals surface area (Å²) in [7, 11) is 0. The van der Waals surface area contributed by atoms with Gasteiger partial charge in [-0.05, 0) is 53.5 Å². The molecule has 5 atom stereocenters. The Balaban J connectivity index is 1.57. The molecule has 4 N–H and O–H groups in total. The molecule has 1 aliphatic carbocycles. The SMILES string of the molecule is N#Cc1ccc([C@@H]2O[C@H](CO)[C@@H](O)[C@H](O)[C@H]2O)cc1Cc1ccc(C2CCCC2)cc1. The molecule has 1 aliphatic heterocycles. The predicted molar refractivity (Wildman–Crippen MR) is 114 cm³/mol. The van der Waals surface area contributed by atoms with Gasteiger partial charge in [0.25, 0.3) is 0 Å². The molecule has 0 radical (unpaired) electrons. The molecule has 0 spiro atoms. The summed E-state index contributed by atoms with van der Waals surface area (Å²) < 4.78 is 5.68. The van der Waals surface area contributed by atoms with Crippen molar-refractivity contribution < 1.29 is 25.2 Å². The first-order valence-electron chi connectivity index (χ1n) is 10.9. The highest BCUT2D eigenvalue weighted by Gasteiger charge is 2.44. The van der Waals surface area contributed by atoms with E-state index in [0.29, 0.717) is 23.5 Å². The zero-order valence-electron chi connectivity index (χ0n) is 17.4. The van der Waals surface area contributed by atoms with Crippen LogP contribution in [0.3, 0.4) is 0 Å². The number of nitrogens with zero attached hydrogens (tertiary/aromatic N) is 1. The highest BCUT2D eigenvalue weighted by molar-refractivity contribution is 5.44. The molecule has 1 heterocycles. The van der Waals surface area contributed by atoms with Crippen molar-refractivity contribution in [2.75, 3.05) is 6.61 Å². The van der Waals surface area contributed by atoms with Crippen molar-refractivity contribution in [2.24, 2.45) is 0 Å². The van der Waals surface area contributed by atoms with E-state index in [1.165, 1.54) is 31.2 Å². The maximum absolute atomic E-state index is 10.4. The maximum atomic E-state index is 10.4. The van der Waals surface area contributed by atoms with Crippen molar-refractivity contribution in [2.45, 2.75) is 68.5 Å². The fourth-order valence-corrected chi connectivity index (χ4v) is 4.81. The molecule has 6 nitrogen and oxygen atoms in total. The van der Waals surface area contributed by atoms with Gasteiger partial charge in [0.15, 0.2) is 0 Å². The monoisotopic (exact) mass is 423 g/mol. The smallest absolute Gasteiger partial charge is 0.113 e. The molecule has 0 bridgehead atoms. The molecular weight excluding hydrogens is 394 g/mol. The summed E-state index contributed by atoms with van der Waals surface area (Å²) in [6, 6.07) is 15.9. The number of ether oxygens (including phenoxy) is 1. The predicted octanol–water partition coefficient (Wildman–Crippen LogP) is 2.32. The molecule has 0 amide bonds. The largest absolute Gasteiger partial charge is 0.394 e. The molecule has 0 aromatic heterocycles. The first-order chi connectivity index (χ1) is 15.0. The molecule has 6 heteroatoms. The number of hydrogen-bond donors (Lipinski definition) is 4.